The van der Waals surface area contributed by atoms with Crippen LogP contribution in [0.2, 0.25) is 0 Å². The number of pyridine rings is 1. The van der Waals surface area contributed by atoms with Gasteiger partial charge in [-0.15, -0.1) is 0 Å². The van der Waals surface area contributed by atoms with Crippen LogP contribution in [0.15, 0.2) is 30.6 Å². The molecule has 0 aliphatic rings. The van der Waals surface area contributed by atoms with Crippen LogP contribution in [-0.4, -0.2) is 15.8 Å². The van der Waals surface area contributed by atoms with E-state index in [4.69, 9.17) is 0 Å². The summed E-state index contributed by atoms with van der Waals surface area (Å²) in [6, 6.07) is 3.00. The molecule has 2 heterocycles. The molecular weight excluding hydrogens is 403 g/mol. The smallest absolute Gasteiger partial charge is 0.345 e. The number of carbonyl (C=O) groups is 1. The standard InChI is InChI=1S/C22H21F5N2O/c1-3-4-5-6-12(2)13-7-8-16(23)18(19(13)24)20(30)14-11-29-21-17(14)15(9-10-28-21)22(25,26)27/h7-12H,3-6H2,1-2H3,(H,28,29). The normalized spacial score (nSPS) is 13.0. The van der Waals surface area contributed by atoms with E-state index in [1.165, 1.54) is 6.07 Å². The fourth-order valence-electron chi connectivity index (χ4n) is 3.62. The molecule has 0 aliphatic heterocycles. The monoisotopic (exact) mass is 424 g/mol. The third-order valence-corrected chi connectivity index (χ3v) is 5.24. The number of ketones is 1. The predicted octanol–water partition coefficient (Wildman–Crippen LogP) is 6.77. The van der Waals surface area contributed by atoms with Gasteiger partial charge in [0.15, 0.2) is 0 Å². The van der Waals surface area contributed by atoms with E-state index in [0.717, 1.165) is 43.8 Å². The van der Waals surface area contributed by atoms with E-state index < -0.39 is 45.7 Å². The van der Waals surface area contributed by atoms with Crippen LogP contribution in [-0.2, 0) is 6.18 Å². The lowest BCUT2D eigenvalue weighted by Crippen LogP contribution is -2.13. The van der Waals surface area contributed by atoms with Crippen LogP contribution >= 0.6 is 0 Å². The van der Waals surface area contributed by atoms with Gasteiger partial charge in [-0.3, -0.25) is 4.79 Å². The van der Waals surface area contributed by atoms with Crippen molar-refractivity contribution < 1.29 is 26.7 Å². The highest BCUT2D eigenvalue weighted by Crippen LogP contribution is 2.37. The van der Waals surface area contributed by atoms with Crippen molar-refractivity contribution in [1.29, 1.82) is 0 Å². The molecule has 0 saturated heterocycles. The van der Waals surface area contributed by atoms with Crippen molar-refractivity contribution in [3.8, 4) is 0 Å². The molecule has 2 aromatic heterocycles. The average molecular weight is 424 g/mol. The number of fused-ring (bicyclic) bond motifs is 1. The second-order valence-electron chi connectivity index (χ2n) is 7.33. The van der Waals surface area contributed by atoms with Gasteiger partial charge in [-0.05, 0) is 30.0 Å². The topological polar surface area (TPSA) is 45.8 Å². The third kappa shape index (κ3) is 4.08. The third-order valence-electron chi connectivity index (χ3n) is 5.24. The summed E-state index contributed by atoms with van der Waals surface area (Å²) in [6.07, 6.45) is 0.645. The number of aromatic nitrogens is 2. The number of carbonyl (C=O) groups excluding carboxylic acids is 1. The Kier molecular flexibility index (Phi) is 6.24. The largest absolute Gasteiger partial charge is 0.417 e. The van der Waals surface area contributed by atoms with E-state index in [1.807, 2.05) is 6.92 Å². The molecule has 3 rings (SSSR count). The molecule has 8 heteroatoms. The summed E-state index contributed by atoms with van der Waals surface area (Å²) in [5, 5.41) is -0.504. The van der Waals surface area contributed by atoms with Crippen LogP contribution in [0.1, 0.15) is 72.5 Å². The van der Waals surface area contributed by atoms with Crippen molar-refractivity contribution in [3.05, 3.63) is 64.5 Å². The lowest BCUT2D eigenvalue weighted by atomic mass is 9.90. The van der Waals surface area contributed by atoms with Gasteiger partial charge in [0.1, 0.15) is 17.3 Å². The zero-order valence-electron chi connectivity index (χ0n) is 16.5. The van der Waals surface area contributed by atoms with Crippen molar-refractivity contribution in [2.24, 2.45) is 0 Å². The Hall–Kier alpha value is -2.77. The van der Waals surface area contributed by atoms with Gasteiger partial charge < -0.3 is 4.98 Å². The summed E-state index contributed by atoms with van der Waals surface area (Å²) in [6.45, 7) is 3.81. The molecule has 3 aromatic rings. The van der Waals surface area contributed by atoms with Crippen molar-refractivity contribution in [2.45, 2.75) is 51.6 Å². The van der Waals surface area contributed by atoms with E-state index in [9.17, 15) is 22.4 Å². The van der Waals surface area contributed by atoms with Gasteiger partial charge in [-0.1, -0.05) is 39.2 Å². The first kappa shape index (κ1) is 21.9. The van der Waals surface area contributed by atoms with Gasteiger partial charge >= 0.3 is 6.18 Å². The van der Waals surface area contributed by atoms with Crippen LogP contribution in [0, 0.1) is 11.6 Å². The molecule has 0 radical (unpaired) electrons. The quantitative estimate of drug-likeness (QED) is 0.258. The van der Waals surface area contributed by atoms with Gasteiger partial charge in [-0.2, -0.15) is 13.2 Å². The van der Waals surface area contributed by atoms with Gasteiger partial charge in [0, 0.05) is 17.8 Å². The second-order valence-corrected chi connectivity index (χ2v) is 7.33. The number of alkyl halides is 3. The van der Waals surface area contributed by atoms with Crippen LogP contribution in [0.3, 0.4) is 0 Å². The molecule has 0 saturated carbocycles. The summed E-state index contributed by atoms with van der Waals surface area (Å²) in [5.41, 5.74) is -2.43. The Morgan fingerprint density at radius 2 is 1.90 bits per heavy atom. The summed E-state index contributed by atoms with van der Waals surface area (Å²) in [4.78, 5) is 19.3. The Morgan fingerprint density at radius 1 is 1.17 bits per heavy atom. The molecular formula is C22H21F5N2O. The van der Waals surface area contributed by atoms with Crippen LogP contribution in [0.5, 0.6) is 0 Å². The van der Waals surface area contributed by atoms with Gasteiger partial charge in [0.2, 0.25) is 5.78 Å². The summed E-state index contributed by atoms with van der Waals surface area (Å²) in [5.74, 6) is -3.57. The summed E-state index contributed by atoms with van der Waals surface area (Å²) in [7, 11) is 0. The van der Waals surface area contributed by atoms with Gasteiger partial charge in [-0.25, -0.2) is 13.8 Å². The lowest BCUT2D eigenvalue weighted by Gasteiger charge is -2.15. The minimum atomic E-state index is -4.76. The number of H-pyrrole nitrogens is 1. The molecule has 0 spiro atoms. The maximum Gasteiger partial charge on any atom is 0.417 e. The Bertz CT molecular complexity index is 1070. The predicted molar refractivity (Wildman–Crippen MR) is 103 cm³/mol. The lowest BCUT2D eigenvalue weighted by molar-refractivity contribution is -0.136. The zero-order chi connectivity index (χ0) is 22.1. The molecule has 160 valence electrons. The summed E-state index contributed by atoms with van der Waals surface area (Å²) >= 11 is 0. The molecule has 30 heavy (non-hydrogen) atoms. The molecule has 3 nitrogen and oxygen atoms in total. The van der Waals surface area contributed by atoms with E-state index >= 15 is 4.39 Å². The first-order valence-corrected chi connectivity index (χ1v) is 9.72. The maximum atomic E-state index is 15.2. The van der Waals surface area contributed by atoms with E-state index in [0.29, 0.717) is 6.42 Å². The highest BCUT2D eigenvalue weighted by Gasteiger charge is 2.36. The minimum absolute atomic E-state index is 0.171. The van der Waals surface area contributed by atoms with Crippen molar-refractivity contribution >= 4 is 16.8 Å². The molecule has 1 N–H and O–H groups in total. The summed E-state index contributed by atoms with van der Waals surface area (Å²) < 4.78 is 69.9. The van der Waals surface area contributed by atoms with Crippen LogP contribution < -0.4 is 0 Å². The number of halogens is 5. The number of hydrogen-bond donors (Lipinski definition) is 1. The van der Waals surface area contributed by atoms with E-state index in [1.54, 1.807) is 6.92 Å². The van der Waals surface area contributed by atoms with Gasteiger partial charge in [0.05, 0.1) is 16.7 Å². The first-order valence-electron chi connectivity index (χ1n) is 9.72. The first-order chi connectivity index (χ1) is 14.2. The number of rotatable bonds is 7. The molecule has 1 unspecified atom stereocenters. The Morgan fingerprint density at radius 3 is 2.57 bits per heavy atom. The fraction of sp³-hybridized carbons (Fsp3) is 0.364. The number of unbranched alkanes of at least 4 members (excludes halogenated alkanes) is 2. The highest BCUT2D eigenvalue weighted by molar-refractivity contribution is 6.17. The number of aromatic amines is 1. The van der Waals surface area contributed by atoms with Gasteiger partial charge in [0.25, 0.3) is 0 Å². The molecule has 0 aliphatic carbocycles. The Labute approximate surface area is 170 Å². The fourth-order valence-corrected chi connectivity index (χ4v) is 3.62. The maximum absolute atomic E-state index is 15.2. The molecule has 1 aromatic carbocycles. The zero-order valence-corrected chi connectivity index (χ0v) is 16.5. The van der Waals surface area contributed by atoms with Crippen molar-refractivity contribution in [1.82, 2.24) is 9.97 Å². The van der Waals surface area contributed by atoms with Crippen molar-refractivity contribution in [3.63, 3.8) is 0 Å². The molecule has 0 bridgehead atoms. The molecule has 0 amide bonds. The van der Waals surface area contributed by atoms with Crippen LogP contribution in [0.4, 0.5) is 22.0 Å². The highest BCUT2D eigenvalue weighted by atomic mass is 19.4. The van der Waals surface area contributed by atoms with Crippen LogP contribution in [0.25, 0.3) is 11.0 Å². The number of hydrogen-bond acceptors (Lipinski definition) is 2. The minimum Gasteiger partial charge on any atom is -0.345 e. The molecule has 0 fully saturated rings. The Balaban J connectivity index is 2.09. The molecule has 1 atom stereocenters. The second kappa shape index (κ2) is 8.53. The average Bonchev–Trinajstić information content (AvgIpc) is 3.11. The number of benzene rings is 1. The van der Waals surface area contributed by atoms with Crippen molar-refractivity contribution in [2.75, 3.05) is 0 Å². The van der Waals surface area contributed by atoms with E-state index in [2.05, 4.69) is 9.97 Å². The van der Waals surface area contributed by atoms with E-state index in [-0.39, 0.29) is 17.1 Å². The SMILES string of the molecule is CCCCCC(C)c1ccc(F)c(C(=O)c2c[nH]c3nccc(C(F)(F)F)c23)c1F. The number of nitrogens with one attached hydrogen (secondary N) is 1. The number of nitrogens with zero attached hydrogens (tertiary/aromatic N) is 1.